The van der Waals surface area contributed by atoms with Gasteiger partial charge in [0.1, 0.15) is 5.82 Å². The number of likely N-dealkylation sites (N-methyl/N-ethyl adjacent to an activating group) is 1. The first-order chi connectivity index (χ1) is 16.4. The lowest BCUT2D eigenvalue weighted by atomic mass is 10.1. The van der Waals surface area contributed by atoms with E-state index in [-0.39, 0.29) is 23.8 Å². The smallest absolute Gasteiger partial charge is 0.336 e. The first-order valence-electron chi connectivity index (χ1n) is 11.7. The summed E-state index contributed by atoms with van der Waals surface area (Å²) in [4.78, 5) is 29.6. The van der Waals surface area contributed by atoms with Crippen molar-refractivity contribution in [2.24, 2.45) is 0 Å². The fourth-order valence-corrected chi connectivity index (χ4v) is 4.06. The summed E-state index contributed by atoms with van der Waals surface area (Å²) in [5.74, 6) is 1.38. The van der Waals surface area contributed by atoms with Gasteiger partial charge in [-0.05, 0) is 38.4 Å². The third-order valence-corrected chi connectivity index (χ3v) is 6.07. The molecular weight excluding hydrogens is 434 g/mol. The molecule has 0 spiro atoms. The zero-order valence-corrected chi connectivity index (χ0v) is 20.3. The SMILES string of the molecule is CC[C@@H](C)Oc1nc(N)c2ncc(Cc3cnc(N4CCN(C(=O)CNC)CC4)c(C)c3)n2n1. The van der Waals surface area contributed by atoms with Crippen molar-refractivity contribution in [3.05, 3.63) is 35.3 Å². The molecule has 3 aromatic rings. The fourth-order valence-electron chi connectivity index (χ4n) is 4.06. The molecule has 1 aliphatic rings. The monoisotopic (exact) mass is 467 g/mol. The number of hydrogen-bond donors (Lipinski definition) is 2. The molecule has 11 heteroatoms. The van der Waals surface area contributed by atoms with Gasteiger partial charge in [-0.1, -0.05) is 13.0 Å². The number of nitrogens with two attached hydrogens (primary N) is 1. The van der Waals surface area contributed by atoms with Crippen molar-refractivity contribution in [2.75, 3.05) is 50.4 Å². The minimum Gasteiger partial charge on any atom is -0.459 e. The highest BCUT2D eigenvalue weighted by atomic mass is 16.5. The van der Waals surface area contributed by atoms with Crippen LogP contribution in [0.15, 0.2) is 18.5 Å². The molecule has 0 bridgehead atoms. The Labute approximate surface area is 199 Å². The number of rotatable bonds is 8. The van der Waals surface area contributed by atoms with Crippen molar-refractivity contribution in [1.29, 1.82) is 0 Å². The molecule has 1 saturated heterocycles. The Morgan fingerprint density at radius 1 is 1.24 bits per heavy atom. The molecule has 1 atom stereocenters. The molecule has 3 aromatic heterocycles. The van der Waals surface area contributed by atoms with Crippen LogP contribution in [0.25, 0.3) is 5.65 Å². The maximum absolute atomic E-state index is 12.1. The highest BCUT2D eigenvalue weighted by molar-refractivity contribution is 5.78. The number of imidazole rings is 1. The zero-order chi connectivity index (χ0) is 24.2. The van der Waals surface area contributed by atoms with E-state index in [2.05, 4.69) is 38.3 Å². The number of hydrogen-bond acceptors (Lipinski definition) is 9. The topological polar surface area (TPSA) is 127 Å². The van der Waals surface area contributed by atoms with Gasteiger partial charge in [0.25, 0.3) is 0 Å². The first kappa shape index (κ1) is 23.7. The summed E-state index contributed by atoms with van der Waals surface area (Å²) >= 11 is 0. The number of carbonyl (C=O) groups is 1. The average molecular weight is 468 g/mol. The second-order valence-corrected chi connectivity index (χ2v) is 8.66. The maximum Gasteiger partial charge on any atom is 0.336 e. The number of ether oxygens (including phenoxy) is 1. The van der Waals surface area contributed by atoms with Crippen molar-refractivity contribution in [3.63, 3.8) is 0 Å². The van der Waals surface area contributed by atoms with E-state index in [0.29, 0.717) is 31.7 Å². The Morgan fingerprint density at radius 2 is 2.00 bits per heavy atom. The summed E-state index contributed by atoms with van der Waals surface area (Å²) in [6.07, 6.45) is 5.09. The molecule has 1 aliphatic heterocycles. The molecule has 4 heterocycles. The van der Waals surface area contributed by atoms with Crippen LogP contribution in [0.5, 0.6) is 6.01 Å². The minimum atomic E-state index is -0.00786. The van der Waals surface area contributed by atoms with Crippen molar-refractivity contribution >= 4 is 23.2 Å². The van der Waals surface area contributed by atoms with Gasteiger partial charge >= 0.3 is 6.01 Å². The Hall–Kier alpha value is -3.47. The van der Waals surface area contributed by atoms with Crippen LogP contribution in [-0.2, 0) is 11.2 Å². The Balaban J connectivity index is 1.48. The van der Waals surface area contributed by atoms with Gasteiger partial charge in [0.2, 0.25) is 5.91 Å². The van der Waals surface area contributed by atoms with Gasteiger partial charge in [0.05, 0.1) is 24.5 Å². The lowest BCUT2D eigenvalue weighted by molar-refractivity contribution is -0.130. The summed E-state index contributed by atoms with van der Waals surface area (Å²) in [5.41, 5.74) is 9.63. The predicted molar refractivity (Wildman–Crippen MR) is 130 cm³/mol. The molecule has 1 fully saturated rings. The number of nitrogens with one attached hydrogen (secondary N) is 1. The maximum atomic E-state index is 12.1. The van der Waals surface area contributed by atoms with Crippen molar-refractivity contribution < 1.29 is 9.53 Å². The highest BCUT2D eigenvalue weighted by Crippen LogP contribution is 2.22. The van der Waals surface area contributed by atoms with E-state index in [1.165, 1.54) is 0 Å². The molecule has 1 amide bonds. The Morgan fingerprint density at radius 3 is 2.68 bits per heavy atom. The predicted octanol–water partition coefficient (Wildman–Crippen LogP) is 1.05. The number of pyridine rings is 1. The Bertz CT molecular complexity index is 1150. The number of aromatic nitrogens is 5. The zero-order valence-electron chi connectivity index (χ0n) is 20.3. The van der Waals surface area contributed by atoms with Crippen LogP contribution in [0, 0.1) is 6.92 Å². The molecule has 34 heavy (non-hydrogen) atoms. The standard InChI is InChI=1S/C23H33N9O2/c1-5-16(3)34-23-28-20(24)22-27-13-18(32(22)29-23)11-17-10-15(2)21(26-12-17)31-8-6-30(7-9-31)19(33)14-25-4/h10,12-13,16,25H,5-9,11,14H2,1-4H3,(H2,24,28,29)/t16-/m1/s1. The van der Waals surface area contributed by atoms with Crippen molar-refractivity contribution in [3.8, 4) is 6.01 Å². The number of amides is 1. The van der Waals surface area contributed by atoms with Gasteiger partial charge in [-0.25, -0.2) is 14.5 Å². The molecule has 4 rings (SSSR count). The van der Waals surface area contributed by atoms with Gasteiger partial charge < -0.3 is 25.6 Å². The second-order valence-electron chi connectivity index (χ2n) is 8.66. The van der Waals surface area contributed by atoms with Crippen LogP contribution >= 0.6 is 0 Å². The van der Waals surface area contributed by atoms with E-state index in [1.54, 1.807) is 17.8 Å². The van der Waals surface area contributed by atoms with Crippen LogP contribution in [0.3, 0.4) is 0 Å². The third kappa shape index (κ3) is 5.04. The molecule has 3 N–H and O–H groups in total. The average Bonchev–Trinajstić information content (AvgIpc) is 3.22. The second kappa shape index (κ2) is 10.2. The first-order valence-corrected chi connectivity index (χ1v) is 11.7. The number of piperazine rings is 1. The minimum absolute atomic E-state index is 0.00786. The lowest BCUT2D eigenvalue weighted by Gasteiger charge is -2.36. The van der Waals surface area contributed by atoms with Gasteiger partial charge in [-0.2, -0.15) is 4.98 Å². The number of nitrogens with zero attached hydrogens (tertiary/aromatic N) is 7. The highest BCUT2D eigenvalue weighted by Gasteiger charge is 2.22. The molecule has 182 valence electrons. The molecule has 0 aliphatic carbocycles. The van der Waals surface area contributed by atoms with Crippen LogP contribution < -0.4 is 20.7 Å². The van der Waals surface area contributed by atoms with E-state index in [4.69, 9.17) is 15.5 Å². The number of fused-ring (bicyclic) bond motifs is 1. The summed E-state index contributed by atoms with van der Waals surface area (Å²) in [5, 5.41) is 7.43. The summed E-state index contributed by atoms with van der Waals surface area (Å²) in [7, 11) is 1.79. The molecule has 0 unspecified atom stereocenters. The van der Waals surface area contributed by atoms with Crippen LogP contribution in [0.4, 0.5) is 11.6 Å². The number of aryl methyl sites for hydroxylation is 1. The van der Waals surface area contributed by atoms with E-state index >= 15 is 0 Å². The molecule has 11 nitrogen and oxygen atoms in total. The van der Waals surface area contributed by atoms with Gasteiger partial charge in [-0.3, -0.25) is 4.79 Å². The van der Waals surface area contributed by atoms with Crippen LogP contribution in [-0.4, -0.2) is 81.2 Å². The van der Waals surface area contributed by atoms with E-state index in [0.717, 1.165) is 42.1 Å². The molecular formula is C23H33N9O2. The van der Waals surface area contributed by atoms with E-state index in [9.17, 15) is 4.79 Å². The van der Waals surface area contributed by atoms with E-state index < -0.39 is 0 Å². The van der Waals surface area contributed by atoms with E-state index in [1.807, 2.05) is 24.9 Å². The van der Waals surface area contributed by atoms with Gasteiger partial charge in [0.15, 0.2) is 11.5 Å². The van der Waals surface area contributed by atoms with Gasteiger partial charge in [0, 0.05) is 38.8 Å². The summed E-state index contributed by atoms with van der Waals surface area (Å²) in [6.45, 7) is 9.39. The third-order valence-electron chi connectivity index (χ3n) is 6.07. The number of carbonyl (C=O) groups excluding carboxylic acids is 1. The lowest BCUT2D eigenvalue weighted by Crippen LogP contribution is -2.51. The van der Waals surface area contributed by atoms with Crippen molar-refractivity contribution in [1.82, 2.24) is 34.8 Å². The fraction of sp³-hybridized carbons (Fsp3) is 0.522. The van der Waals surface area contributed by atoms with Gasteiger partial charge in [-0.15, -0.1) is 5.10 Å². The van der Waals surface area contributed by atoms with Crippen molar-refractivity contribution in [2.45, 2.75) is 39.7 Å². The normalized spacial score (nSPS) is 15.1. The molecule has 0 radical (unpaired) electrons. The summed E-state index contributed by atoms with van der Waals surface area (Å²) < 4.78 is 7.47. The quantitative estimate of drug-likeness (QED) is 0.500. The molecule has 0 saturated carbocycles. The largest absolute Gasteiger partial charge is 0.459 e. The number of anilines is 2. The van der Waals surface area contributed by atoms with Crippen LogP contribution in [0.2, 0.25) is 0 Å². The Kier molecular flexibility index (Phi) is 7.11. The van der Waals surface area contributed by atoms with Crippen LogP contribution in [0.1, 0.15) is 37.1 Å². The number of nitrogen functional groups attached to an aromatic ring is 1. The summed E-state index contributed by atoms with van der Waals surface area (Å²) in [6, 6.07) is 2.39. The molecule has 0 aromatic carbocycles.